The lowest BCUT2D eigenvalue weighted by atomic mass is 9.90. The predicted octanol–water partition coefficient (Wildman–Crippen LogP) is 2.16. The third kappa shape index (κ3) is 3.49. The summed E-state index contributed by atoms with van der Waals surface area (Å²) < 4.78 is 19.4. The highest BCUT2D eigenvalue weighted by Gasteiger charge is 2.34. The van der Waals surface area contributed by atoms with Crippen molar-refractivity contribution < 1.29 is 13.9 Å². The van der Waals surface area contributed by atoms with Gasteiger partial charge in [0.25, 0.3) is 5.91 Å². The second-order valence-corrected chi connectivity index (χ2v) is 6.36. The van der Waals surface area contributed by atoms with Gasteiger partial charge >= 0.3 is 0 Å². The number of benzene rings is 1. The van der Waals surface area contributed by atoms with Crippen molar-refractivity contribution in [3.63, 3.8) is 0 Å². The second kappa shape index (κ2) is 6.10. The maximum absolute atomic E-state index is 13.6. The van der Waals surface area contributed by atoms with Crippen LogP contribution in [0.5, 0.6) is 5.75 Å². The van der Waals surface area contributed by atoms with E-state index < -0.39 is 5.82 Å². The van der Waals surface area contributed by atoms with Gasteiger partial charge in [-0.15, -0.1) is 0 Å². The molecule has 0 radical (unpaired) electrons. The summed E-state index contributed by atoms with van der Waals surface area (Å²) in [6.45, 7) is 3.78. The maximum atomic E-state index is 13.6. The number of hydrogen-bond donors (Lipinski definition) is 1. The van der Waals surface area contributed by atoms with Gasteiger partial charge in [-0.25, -0.2) is 4.39 Å². The summed E-state index contributed by atoms with van der Waals surface area (Å²) in [5, 5.41) is 0. The van der Waals surface area contributed by atoms with Crippen LogP contribution in [0.15, 0.2) is 22.7 Å². The largest absolute Gasteiger partial charge is 0.481 e. The Morgan fingerprint density at radius 3 is 2.95 bits per heavy atom. The van der Waals surface area contributed by atoms with Crippen LogP contribution in [0.2, 0.25) is 0 Å². The van der Waals surface area contributed by atoms with E-state index >= 15 is 0 Å². The van der Waals surface area contributed by atoms with Crippen LogP contribution in [-0.2, 0) is 4.79 Å². The highest BCUT2D eigenvalue weighted by Crippen LogP contribution is 2.28. The number of carbonyl (C=O) groups excluding carboxylic acids is 1. The number of rotatable bonds is 4. The molecular weight excluding hydrogens is 327 g/mol. The van der Waals surface area contributed by atoms with E-state index in [9.17, 15) is 9.18 Å². The number of nitrogens with zero attached hydrogens (tertiary/aromatic N) is 1. The Balaban J connectivity index is 1.90. The van der Waals surface area contributed by atoms with Gasteiger partial charge < -0.3 is 15.4 Å². The van der Waals surface area contributed by atoms with Gasteiger partial charge in [0.1, 0.15) is 0 Å². The fourth-order valence-corrected chi connectivity index (χ4v) is 2.56. The van der Waals surface area contributed by atoms with Crippen molar-refractivity contribution in [3.8, 4) is 5.75 Å². The lowest BCUT2D eigenvalue weighted by Gasteiger charge is -2.22. The first-order chi connectivity index (χ1) is 9.43. The zero-order valence-corrected chi connectivity index (χ0v) is 13.0. The van der Waals surface area contributed by atoms with Crippen molar-refractivity contribution in [2.45, 2.75) is 13.3 Å². The molecule has 0 saturated carbocycles. The molecule has 1 aromatic rings. The van der Waals surface area contributed by atoms with Gasteiger partial charge in [-0.3, -0.25) is 4.79 Å². The van der Waals surface area contributed by atoms with Gasteiger partial charge in [0.15, 0.2) is 18.2 Å². The van der Waals surface area contributed by atoms with E-state index in [-0.39, 0.29) is 23.7 Å². The Kier molecular flexibility index (Phi) is 4.65. The first-order valence-corrected chi connectivity index (χ1v) is 7.28. The van der Waals surface area contributed by atoms with E-state index in [1.165, 1.54) is 12.1 Å². The molecule has 1 unspecified atom stereocenters. The fraction of sp³-hybridized carbons (Fsp3) is 0.500. The van der Waals surface area contributed by atoms with E-state index in [4.69, 9.17) is 10.5 Å². The topological polar surface area (TPSA) is 55.6 Å². The molecule has 1 atom stereocenters. The van der Waals surface area contributed by atoms with Crippen LogP contribution in [0.3, 0.4) is 0 Å². The molecule has 1 saturated heterocycles. The fourth-order valence-electron chi connectivity index (χ4n) is 2.23. The smallest absolute Gasteiger partial charge is 0.260 e. The standard InChI is InChI=1S/C14H18BrFN2O2/c1-14(8-17)4-5-18(9-14)13(19)7-20-12-3-2-10(15)6-11(12)16/h2-3,6H,4-5,7-9,17H2,1H3. The van der Waals surface area contributed by atoms with Crippen LogP contribution in [0.4, 0.5) is 4.39 Å². The summed E-state index contributed by atoms with van der Waals surface area (Å²) in [7, 11) is 0. The van der Waals surface area contributed by atoms with Gasteiger partial charge in [-0.05, 0) is 36.6 Å². The van der Waals surface area contributed by atoms with Crippen LogP contribution < -0.4 is 10.5 Å². The minimum Gasteiger partial charge on any atom is -0.481 e. The Hall–Kier alpha value is -1.14. The predicted molar refractivity (Wildman–Crippen MR) is 78.0 cm³/mol. The third-order valence-electron chi connectivity index (χ3n) is 3.65. The lowest BCUT2D eigenvalue weighted by Crippen LogP contribution is -2.36. The van der Waals surface area contributed by atoms with Gasteiger partial charge in [0, 0.05) is 17.6 Å². The second-order valence-electron chi connectivity index (χ2n) is 5.44. The summed E-state index contributed by atoms with van der Waals surface area (Å²) in [5.41, 5.74) is 5.69. The number of amides is 1. The first kappa shape index (κ1) is 15.3. The average Bonchev–Trinajstić information content (AvgIpc) is 2.81. The minimum absolute atomic E-state index is 0.0154. The molecule has 1 aliphatic rings. The molecule has 1 heterocycles. The van der Waals surface area contributed by atoms with Crippen molar-refractivity contribution >= 4 is 21.8 Å². The highest BCUT2D eigenvalue weighted by atomic mass is 79.9. The van der Waals surface area contributed by atoms with Crippen LogP contribution in [0.1, 0.15) is 13.3 Å². The molecule has 4 nitrogen and oxygen atoms in total. The van der Waals surface area contributed by atoms with E-state index in [0.717, 1.165) is 6.42 Å². The number of halogens is 2. The third-order valence-corrected chi connectivity index (χ3v) is 4.14. The molecular formula is C14H18BrFN2O2. The quantitative estimate of drug-likeness (QED) is 0.910. The summed E-state index contributed by atoms with van der Waals surface area (Å²) >= 11 is 3.17. The molecule has 2 rings (SSSR count). The highest BCUT2D eigenvalue weighted by molar-refractivity contribution is 9.10. The summed E-state index contributed by atoms with van der Waals surface area (Å²) in [5.74, 6) is -0.535. The molecule has 0 aliphatic carbocycles. The molecule has 1 amide bonds. The van der Waals surface area contributed by atoms with Crippen LogP contribution >= 0.6 is 15.9 Å². The Morgan fingerprint density at radius 1 is 1.60 bits per heavy atom. The summed E-state index contributed by atoms with van der Waals surface area (Å²) in [6, 6.07) is 4.48. The summed E-state index contributed by atoms with van der Waals surface area (Å²) in [6.07, 6.45) is 0.891. The van der Waals surface area contributed by atoms with Crippen molar-refractivity contribution in [2.75, 3.05) is 26.2 Å². The van der Waals surface area contributed by atoms with Gasteiger partial charge in [0.2, 0.25) is 0 Å². The molecule has 1 fully saturated rings. The molecule has 1 aliphatic heterocycles. The number of nitrogens with two attached hydrogens (primary N) is 1. The zero-order chi connectivity index (χ0) is 14.8. The van der Waals surface area contributed by atoms with Crippen LogP contribution in [0, 0.1) is 11.2 Å². The molecule has 2 N–H and O–H groups in total. The maximum Gasteiger partial charge on any atom is 0.260 e. The number of carbonyl (C=O) groups is 1. The molecule has 1 aromatic carbocycles. The molecule has 0 aromatic heterocycles. The monoisotopic (exact) mass is 344 g/mol. The van der Waals surface area contributed by atoms with E-state index in [1.54, 1.807) is 11.0 Å². The molecule has 0 spiro atoms. The van der Waals surface area contributed by atoms with E-state index in [0.29, 0.717) is 24.1 Å². The van der Waals surface area contributed by atoms with Crippen molar-refractivity contribution in [2.24, 2.45) is 11.1 Å². The number of ether oxygens (including phenoxy) is 1. The Bertz CT molecular complexity index is 512. The normalized spacial score (nSPS) is 22.1. The zero-order valence-electron chi connectivity index (χ0n) is 11.4. The lowest BCUT2D eigenvalue weighted by molar-refractivity contribution is -0.132. The van der Waals surface area contributed by atoms with Crippen LogP contribution in [-0.4, -0.2) is 37.0 Å². The van der Waals surface area contributed by atoms with Crippen molar-refractivity contribution in [1.29, 1.82) is 0 Å². The number of likely N-dealkylation sites (tertiary alicyclic amines) is 1. The molecule has 0 bridgehead atoms. The Labute approximate surface area is 126 Å². The molecule has 110 valence electrons. The minimum atomic E-state index is -0.486. The SMILES string of the molecule is CC1(CN)CCN(C(=O)COc2ccc(Br)cc2F)C1. The van der Waals surface area contributed by atoms with Gasteiger partial charge in [-0.1, -0.05) is 22.9 Å². The Morgan fingerprint density at radius 2 is 2.35 bits per heavy atom. The van der Waals surface area contributed by atoms with Crippen molar-refractivity contribution in [3.05, 3.63) is 28.5 Å². The molecule has 20 heavy (non-hydrogen) atoms. The number of hydrogen-bond acceptors (Lipinski definition) is 3. The van der Waals surface area contributed by atoms with Gasteiger partial charge in [-0.2, -0.15) is 0 Å². The first-order valence-electron chi connectivity index (χ1n) is 6.49. The van der Waals surface area contributed by atoms with Crippen LogP contribution in [0.25, 0.3) is 0 Å². The van der Waals surface area contributed by atoms with Crippen molar-refractivity contribution in [1.82, 2.24) is 4.90 Å². The van der Waals surface area contributed by atoms with E-state index in [1.807, 2.05) is 0 Å². The van der Waals surface area contributed by atoms with E-state index in [2.05, 4.69) is 22.9 Å². The average molecular weight is 345 g/mol. The molecule has 6 heteroatoms. The van der Waals surface area contributed by atoms with Gasteiger partial charge in [0.05, 0.1) is 0 Å². The summed E-state index contributed by atoms with van der Waals surface area (Å²) in [4.78, 5) is 13.8.